The molecule has 0 saturated carbocycles. The molecule has 1 aliphatic rings. The van der Waals surface area contributed by atoms with E-state index in [9.17, 15) is 13.2 Å². The van der Waals surface area contributed by atoms with Crippen LogP contribution in [-0.2, 0) is 13.5 Å². The fourth-order valence-corrected chi connectivity index (χ4v) is 2.23. The van der Waals surface area contributed by atoms with Crippen molar-refractivity contribution < 1.29 is 13.2 Å². The van der Waals surface area contributed by atoms with Crippen LogP contribution < -0.4 is 5.32 Å². The summed E-state index contributed by atoms with van der Waals surface area (Å²) in [5.41, 5.74) is 1.07. The molecule has 0 radical (unpaired) electrons. The quantitative estimate of drug-likeness (QED) is 0.865. The number of rotatable bonds is 2. The molecule has 2 atom stereocenters. The van der Waals surface area contributed by atoms with Crippen LogP contribution in [0.3, 0.4) is 0 Å². The summed E-state index contributed by atoms with van der Waals surface area (Å²) in [7, 11) is 1.83. The second-order valence-electron chi connectivity index (χ2n) is 4.65. The van der Waals surface area contributed by atoms with E-state index in [0.29, 0.717) is 6.42 Å². The molecule has 2 rings (SSSR count). The highest BCUT2D eigenvalue weighted by Gasteiger charge is 2.41. The van der Waals surface area contributed by atoms with Crippen molar-refractivity contribution in [2.75, 3.05) is 6.54 Å². The highest BCUT2D eigenvalue weighted by Crippen LogP contribution is 2.32. The first kappa shape index (κ1) is 12.4. The molecule has 0 spiro atoms. The highest BCUT2D eigenvalue weighted by atomic mass is 19.4. The summed E-state index contributed by atoms with van der Waals surface area (Å²) in [5.74, 6) is -1.19. The van der Waals surface area contributed by atoms with E-state index in [0.717, 1.165) is 12.0 Å². The minimum Gasteiger partial charge on any atom is -0.313 e. The predicted octanol–water partition coefficient (Wildman–Crippen LogP) is 1.89. The Labute approximate surface area is 98.0 Å². The average Bonchev–Trinajstić information content (AvgIpc) is 2.63. The molecule has 1 aromatic heterocycles. The lowest BCUT2D eigenvalue weighted by Gasteiger charge is -2.30. The molecule has 96 valence electrons. The third-order valence-electron chi connectivity index (χ3n) is 3.22. The van der Waals surface area contributed by atoms with Gasteiger partial charge in [-0.15, -0.1) is 0 Å². The summed E-state index contributed by atoms with van der Waals surface area (Å²) < 4.78 is 39.0. The molecule has 1 N–H and O–H groups in total. The number of hydrogen-bond acceptors (Lipinski definition) is 2. The monoisotopic (exact) mass is 247 g/mol. The Morgan fingerprint density at radius 2 is 2.24 bits per heavy atom. The third-order valence-corrected chi connectivity index (χ3v) is 3.22. The number of piperidine rings is 1. The zero-order chi connectivity index (χ0) is 12.5. The Morgan fingerprint density at radius 1 is 1.47 bits per heavy atom. The topological polar surface area (TPSA) is 29.9 Å². The lowest BCUT2D eigenvalue weighted by molar-refractivity contribution is -0.179. The van der Waals surface area contributed by atoms with Gasteiger partial charge in [0.05, 0.1) is 12.1 Å². The normalized spacial score (nSPS) is 26.1. The van der Waals surface area contributed by atoms with Gasteiger partial charge in [0.15, 0.2) is 0 Å². The van der Waals surface area contributed by atoms with Gasteiger partial charge in [-0.2, -0.15) is 18.3 Å². The van der Waals surface area contributed by atoms with E-state index in [-0.39, 0.29) is 19.0 Å². The van der Waals surface area contributed by atoms with Crippen LogP contribution >= 0.6 is 0 Å². The first-order valence-electron chi connectivity index (χ1n) is 5.73. The zero-order valence-electron chi connectivity index (χ0n) is 9.67. The molecule has 0 aromatic carbocycles. The van der Waals surface area contributed by atoms with Gasteiger partial charge in [-0.05, 0) is 24.8 Å². The molecular formula is C11H16F3N3. The Balaban J connectivity index is 1.83. The molecule has 1 aliphatic heterocycles. The molecule has 6 heteroatoms. The van der Waals surface area contributed by atoms with E-state index in [1.807, 2.05) is 13.2 Å². The summed E-state index contributed by atoms with van der Waals surface area (Å²) in [6, 6.07) is 0.137. The Bertz CT molecular complexity index is 364. The summed E-state index contributed by atoms with van der Waals surface area (Å²) in [6.07, 6.45) is 1.14. The van der Waals surface area contributed by atoms with Gasteiger partial charge in [0, 0.05) is 25.8 Å². The molecule has 0 amide bonds. The Hall–Kier alpha value is -1.04. The van der Waals surface area contributed by atoms with Gasteiger partial charge in [-0.1, -0.05) is 0 Å². The van der Waals surface area contributed by atoms with E-state index in [4.69, 9.17) is 0 Å². The van der Waals surface area contributed by atoms with Crippen molar-refractivity contribution in [3.05, 3.63) is 18.0 Å². The Kier molecular flexibility index (Phi) is 3.42. The molecule has 17 heavy (non-hydrogen) atoms. The van der Waals surface area contributed by atoms with Crippen molar-refractivity contribution in [3.63, 3.8) is 0 Å². The van der Waals surface area contributed by atoms with Crippen molar-refractivity contribution in [1.82, 2.24) is 15.1 Å². The van der Waals surface area contributed by atoms with Gasteiger partial charge in [-0.25, -0.2) is 0 Å². The van der Waals surface area contributed by atoms with Gasteiger partial charge in [-0.3, -0.25) is 4.68 Å². The summed E-state index contributed by atoms with van der Waals surface area (Å²) >= 11 is 0. The second-order valence-corrected chi connectivity index (χ2v) is 4.65. The highest BCUT2D eigenvalue weighted by molar-refractivity contribution is 5.06. The van der Waals surface area contributed by atoms with Crippen LogP contribution in [0.25, 0.3) is 0 Å². The lowest BCUT2D eigenvalue weighted by Crippen LogP contribution is -2.45. The van der Waals surface area contributed by atoms with Crippen LogP contribution in [0, 0.1) is 5.92 Å². The maximum atomic E-state index is 12.4. The molecule has 3 nitrogen and oxygen atoms in total. The number of aromatic nitrogens is 2. The van der Waals surface area contributed by atoms with Gasteiger partial charge >= 0.3 is 6.18 Å². The second kappa shape index (κ2) is 4.68. The van der Waals surface area contributed by atoms with Gasteiger partial charge in [0.25, 0.3) is 0 Å². The van der Waals surface area contributed by atoms with Crippen LogP contribution in [0.15, 0.2) is 12.4 Å². The number of nitrogens with zero attached hydrogens (tertiary/aromatic N) is 2. The Morgan fingerprint density at radius 3 is 2.71 bits per heavy atom. The molecule has 2 heterocycles. The van der Waals surface area contributed by atoms with E-state index in [1.165, 1.54) is 0 Å². The van der Waals surface area contributed by atoms with Crippen molar-refractivity contribution in [3.8, 4) is 0 Å². The number of halogens is 3. The summed E-state index contributed by atoms with van der Waals surface area (Å²) in [4.78, 5) is 0. The van der Waals surface area contributed by atoms with Crippen LogP contribution in [0.1, 0.15) is 18.4 Å². The first-order valence-corrected chi connectivity index (χ1v) is 5.73. The van der Waals surface area contributed by atoms with Crippen LogP contribution in [0.4, 0.5) is 13.2 Å². The van der Waals surface area contributed by atoms with Crippen molar-refractivity contribution in [1.29, 1.82) is 0 Å². The number of hydrogen-bond donors (Lipinski definition) is 1. The fourth-order valence-electron chi connectivity index (χ4n) is 2.23. The van der Waals surface area contributed by atoms with Crippen LogP contribution in [0.2, 0.25) is 0 Å². The van der Waals surface area contributed by atoms with Crippen LogP contribution in [-0.4, -0.2) is 28.5 Å². The smallest absolute Gasteiger partial charge is 0.313 e. The van der Waals surface area contributed by atoms with Crippen LogP contribution in [0.5, 0.6) is 0 Å². The molecule has 1 saturated heterocycles. The number of aryl methyl sites for hydroxylation is 1. The maximum absolute atomic E-state index is 12.4. The lowest BCUT2D eigenvalue weighted by atomic mass is 9.91. The van der Waals surface area contributed by atoms with E-state index in [2.05, 4.69) is 10.4 Å². The molecule has 1 aromatic rings. The van der Waals surface area contributed by atoms with E-state index < -0.39 is 12.1 Å². The maximum Gasteiger partial charge on any atom is 0.393 e. The minimum atomic E-state index is -4.06. The predicted molar refractivity (Wildman–Crippen MR) is 57.5 cm³/mol. The van der Waals surface area contributed by atoms with E-state index in [1.54, 1.807) is 10.9 Å². The van der Waals surface area contributed by atoms with Gasteiger partial charge in [0.1, 0.15) is 0 Å². The molecule has 0 aliphatic carbocycles. The summed E-state index contributed by atoms with van der Waals surface area (Å²) in [5, 5.41) is 7.02. The van der Waals surface area contributed by atoms with Crippen molar-refractivity contribution in [2.45, 2.75) is 31.5 Å². The molecule has 2 unspecified atom stereocenters. The molecule has 0 bridgehead atoms. The molecule has 1 fully saturated rings. The minimum absolute atomic E-state index is 0.0361. The van der Waals surface area contributed by atoms with E-state index >= 15 is 0 Å². The zero-order valence-corrected chi connectivity index (χ0v) is 9.67. The standard InChI is InChI=1S/C11H16F3N3/c1-17-7-8(5-16-17)4-10-3-2-9(6-15-10)11(12,13)14/h5,7,9-10,15H,2-4,6H2,1H3. The molecular weight excluding hydrogens is 231 g/mol. The number of alkyl halides is 3. The third kappa shape index (κ3) is 3.21. The SMILES string of the molecule is Cn1cc(CC2CCC(C(F)(F)F)CN2)cn1. The number of nitrogens with one attached hydrogen (secondary N) is 1. The average molecular weight is 247 g/mol. The summed E-state index contributed by atoms with van der Waals surface area (Å²) in [6.45, 7) is 0.0361. The van der Waals surface area contributed by atoms with Gasteiger partial charge < -0.3 is 5.32 Å². The van der Waals surface area contributed by atoms with Crippen molar-refractivity contribution >= 4 is 0 Å². The van der Waals surface area contributed by atoms with Crippen molar-refractivity contribution in [2.24, 2.45) is 13.0 Å². The van der Waals surface area contributed by atoms with Gasteiger partial charge in [0.2, 0.25) is 0 Å². The fraction of sp³-hybridized carbons (Fsp3) is 0.727. The largest absolute Gasteiger partial charge is 0.393 e. The first-order chi connectivity index (χ1) is 7.95.